The van der Waals surface area contributed by atoms with Crippen LogP contribution in [0.2, 0.25) is 18.1 Å². The second-order valence-electron chi connectivity index (χ2n) is 14.0. The van der Waals surface area contributed by atoms with Crippen molar-refractivity contribution in [2.75, 3.05) is 13.7 Å². The molecule has 8 heteroatoms. The molecule has 7 unspecified atom stereocenters. The summed E-state index contributed by atoms with van der Waals surface area (Å²) in [6, 6.07) is 0. The molecule has 2 aliphatic heterocycles. The lowest BCUT2D eigenvalue weighted by Crippen LogP contribution is -2.43. The van der Waals surface area contributed by atoms with Gasteiger partial charge >= 0.3 is 5.97 Å². The SMILES string of the molecule is C=C(CC(/C=C/CCC(/C=C/C1CC(C)=CCO1)OC)O[Si](C)(C)C(C)(C)C)CC(C)C(O)C1CC=CC(CC#CC(=O)O)O1. The van der Waals surface area contributed by atoms with Crippen molar-refractivity contribution in [2.45, 2.75) is 134 Å². The van der Waals surface area contributed by atoms with Gasteiger partial charge in [-0.25, -0.2) is 4.79 Å². The predicted octanol–water partition coefficient (Wildman–Crippen LogP) is 7.54. The van der Waals surface area contributed by atoms with Gasteiger partial charge in [-0.05, 0) is 69.5 Å². The maximum absolute atomic E-state index is 11.1. The summed E-state index contributed by atoms with van der Waals surface area (Å²) in [5.74, 6) is 3.52. The van der Waals surface area contributed by atoms with E-state index in [1.807, 2.05) is 19.1 Å². The van der Waals surface area contributed by atoms with Gasteiger partial charge in [0.25, 0.3) is 0 Å². The van der Waals surface area contributed by atoms with Crippen LogP contribution in [0.15, 0.2) is 60.3 Å². The van der Waals surface area contributed by atoms with Crippen molar-refractivity contribution in [3.05, 3.63) is 60.3 Å². The molecular formula is C37H58O7Si. The molecule has 7 nitrogen and oxygen atoms in total. The van der Waals surface area contributed by atoms with Crippen molar-refractivity contribution in [1.29, 1.82) is 0 Å². The third-order valence-corrected chi connectivity index (χ3v) is 13.5. The van der Waals surface area contributed by atoms with Crippen LogP contribution >= 0.6 is 0 Å². The van der Waals surface area contributed by atoms with Gasteiger partial charge in [-0.2, -0.15) is 0 Å². The number of carbonyl (C=O) groups is 1. The minimum atomic E-state index is -2.05. The van der Waals surface area contributed by atoms with Crippen LogP contribution in [0.25, 0.3) is 0 Å². The van der Waals surface area contributed by atoms with E-state index < -0.39 is 20.4 Å². The molecule has 45 heavy (non-hydrogen) atoms. The summed E-state index contributed by atoms with van der Waals surface area (Å²) in [6.07, 6.45) is 18.1. The van der Waals surface area contributed by atoms with Crippen LogP contribution in [0.1, 0.15) is 79.6 Å². The van der Waals surface area contributed by atoms with Gasteiger partial charge in [-0.3, -0.25) is 0 Å². The molecule has 0 aromatic rings. The monoisotopic (exact) mass is 642 g/mol. The number of aliphatic hydroxyl groups is 1. The summed E-state index contributed by atoms with van der Waals surface area (Å²) in [7, 11) is -0.300. The predicted molar refractivity (Wildman–Crippen MR) is 184 cm³/mol. The molecule has 0 saturated heterocycles. The number of aliphatic carboxylic acids is 1. The van der Waals surface area contributed by atoms with Crippen LogP contribution in [-0.2, 0) is 23.4 Å². The summed E-state index contributed by atoms with van der Waals surface area (Å²) >= 11 is 0. The first-order chi connectivity index (χ1) is 21.1. The first-order valence-electron chi connectivity index (χ1n) is 16.3. The van der Waals surface area contributed by atoms with Crippen molar-refractivity contribution < 1.29 is 33.6 Å². The Kier molecular flexibility index (Phi) is 16.2. The van der Waals surface area contributed by atoms with Crippen molar-refractivity contribution >= 4 is 14.3 Å². The molecule has 0 aliphatic carbocycles. The number of carboxylic acid groups (broad SMARTS) is 1. The van der Waals surface area contributed by atoms with Crippen LogP contribution in [0.4, 0.5) is 0 Å². The Bertz CT molecular complexity index is 1130. The molecule has 0 saturated carbocycles. The molecule has 0 fully saturated rings. The lowest BCUT2D eigenvalue weighted by molar-refractivity contribution is -0.130. The lowest BCUT2D eigenvalue weighted by atomic mass is 9.89. The van der Waals surface area contributed by atoms with Crippen LogP contribution in [0, 0.1) is 17.8 Å². The summed E-state index contributed by atoms with van der Waals surface area (Å²) in [6.45, 7) is 20.5. The Morgan fingerprint density at radius 3 is 2.62 bits per heavy atom. The Balaban J connectivity index is 1.98. The smallest absolute Gasteiger partial charge is 0.381 e. The molecule has 0 aromatic heterocycles. The van der Waals surface area contributed by atoms with E-state index in [0.717, 1.165) is 24.8 Å². The van der Waals surface area contributed by atoms with Gasteiger partial charge in [-0.15, -0.1) is 0 Å². The Labute approximate surface area is 273 Å². The van der Waals surface area contributed by atoms with Crippen LogP contribution in [0.5, 0.6) is 0 Å². The maximum Gasteiger partial charge on any atom is 0.381 e. The molecule has 2 heterocycles. The van der Waals surface area contributed by atoms with E-state index >= 15 is 0 Å². The molecule has 0 aromatic carbocycles. The summed E-state index contributed by atoms with van der Waals surface area (Å²) < 4.78 is 24.4. The Hall–Kier alpha value is -2.25. The van der Waals surface area contributed by atoms with Crippen molar-refractivity contribution in [3.63, 3.8) is 0 Å². The number of allylic oxidation sites excluding steroid dienone is 1. The molecule has 2 aliphatic rings. The molecule has 7 atom stereocenters. The molecule has 2 rings (SSSR count). The number of aliphatic hydroxyl groups excluding tert-OH is 1. The Morgan fingerprint density at radius 2 is 1.98 bits per heavy atom. The summed E-state index contributed by atoms with van der Waals surface area (Å²) in [5, 5.41) is 20.0. The second kappa shape index (κ2) is 18.8. The fourth-order valence-corrected chi connectivity index (χ4v) is 6.49. The van der Waals surface area contributed by atoms with E-state index in [1.54, 1.807) is 7.11 Å². The fourth-order valence-electron chi connectivity index (χ4n) is 5.21. The van der Waals surface area contributed by atoms with Gasteiger partial charge in [0.1, 0.15) is 0 Å². The average Bonchev–Trinajstić information content (AvgIpc) is 2.95. The van der Waals surface area contributed by atoms with E-state index in [0.29, 0.717) is 25.9 Å². The Morgan fingerprint density at radius 1 is 1.24 bits per heavy atom. The minimum absolute atomic E-state index is 0.0159. The zero-order valence-electron chi connectivity index (χ0n) is 28.9. The zero-order valence-corrected chi connectivity index (χ0v) is 29.9. The van der Waals surface area contributed by atoms with Crippen molar-refractivity contribution in [3.8, 4) is 11.8 Å². The quantitative estimate of drug-likeness (QED) is 0.102. The molecule has 0 amide bonds. The van der Waals surface area contributed by atoms with Gasteiger partial charge in [0.05, 0.1) is 43.2 Å². The highest BCUT2D eigenvalue weighted by Gasteiger charge is 2.39. The maximum atomic E-state index is 11.1. The standard InChI is InChI=1S/C37H58O7Si/c1-27-22-23-42-32(25-27)21-20-30(41-7)14-10-11-15-33(44-45(8,9)37(4,5)6)26-28(2)24-29(3)36(40)34-18-12-16-31(43-34)17-13-19-35(38)39/h11-12,15-16,20-22,29-34,36,40H,2,10,14,17-18,23-26H2,1,3-9H3,(H,38,39)/b15-11+,21-20+. The van der Waals surface area contributed by atoms with Crippen LogP contribution in [-0.4, -0.2) is 74.8 Å². The van der Waals surface area contributed by atoms with Gasteiger partial charge in [0, 0.05) is 19.5 Å². The van der Waals surface area contributed by atoms with Crippen LogP contribution in [0.3, 0.4) is 0 Å². The third kappa shape index (κ3) is 14.4. The van der Waals surface area contributed by atoms with Crippen LogP contribution < -0.4 is 0 Å². The van der Waals surface area contributed by atoms with Crippen molar-refractivity contribution in [2.24, 2.45) is 5.92 Å². The van der Waals surface area contributed by atoms with E-state index in [2.05, 4.69) is 89.6 Å². The molecular weight excluding hydrogens is 584 g/mol. The topological polar surface area (TPSA) is 94.5 Å². The van der Waals surface area contributed by atoms with E-state index in [4.69, 9.17) is 23.7 Å². The number of hydrogen-bond acceptors (Lipinski definition) is 6. The van der Waals surface area contributed by atoms with Gasteiger partial charge < -0.3 is 28.8 Å². The minimum Gasteiger partial charge on any atom is -0.472 e. The van der Waals surface area contributed by atoms with Gasteiger partial charge in [0.15, 0.2) is 8.32 Å². The number of hydrogen-bond donors (Lipinski definition) is 2. The molecule has 0 spiro atoms. The highest BCUT2D eigenvalue weighted by molar-refractivity contribution is 6.74. The largest absolute Gasteiger partial charge is 0.472 e. The fraction of sp³-hybridized carbons (Fsp3) is 0.649. The third-order valence-electron chi connectivity index (χ3n) is 8.96. The molecule has 2 N–H and O–H groups in total. The first kappa shape index (κ1) is 38.9. The normalized spacial score (nSPS) is 23.7. The highest BCUT2D eigenvalue weighted by atomic mass is 28.4. The second-order valence-corrected chi connectivity index (χ2v) is 18.8. The lowest BCUT2D eigenvalue weighted by Gasteiger charge is -2.39. The van der Waals surface area contributed by atoms with Crippen molar-refractivity contribution in [1.82, 2.24) is 0 Å². The zero-order chi connectivity index (χ0) is 33.6. The van der Waals surface area contributed by atoms with E-state index in [9.17, 15) is 9.90 Å². The first-order valence-corrected chi connectivity index (χ1v) is 19.2. The molecule has 0 radical (unpaired) electrons. The van der Waals surface area contributed by atoms with E-state index in [-0.39, 0.29) is 47.9 Å². The highest BCUT2D eigenvalue weighted by Crippen LogP contribution is 2.38. The van der Waals surface area contributed by atoms with E-state index in [1.165, 1.54) is 5.57 Å². The number of methoxy groups -OCH3 is 1. The number of ether oxygens (including phenoxy) is 3. The summed E-state index contributed by atoms with van der Waals surface area (Å²) in [4.78, 5) is 10.7. The van der Waals surface area contributed by atoms with Gasteiger partial charge in [-0.1, -0.05) is 93.9 Å². The summed E-state index contributed by atoms with van der Waals surface area (Å²) in [5.41, 5.74) is 2.39. The van der Waals surface area contributed by atoms with Gasteiger partial charge in [0.2, 0.25) is 0 Å². The number of rotatable bonds is 16. The molecule has 0 bridgehead atoms. The average molecular weight is 643 g/mol. The number of carboxylic acids is 1. The molecule has 252 valence electrons.